The number of para-hydroxylation sites is 3. The SMILES string of the molecule is [2H]c1c([2H])c([2H])c(-c2cccc3c4c([2H])c([2H])c([2H])c([2H])c4n(-c4cccc(-c5ccc(-c6nc(-c7ccccc7)nc(-c7ccc8c(c7)oc7ccccc78)n6)cc5)c4)c23)c([2H])c1[2H]. The molecule has 0 aliphatic carbocycles. The summed E-state index contributed by atoms with van der Waals surface area (Å²) in [5.41, 5.74) is 6.84. The summed E-state index contributed by atoms with van der Waals surface area (Å²) in [7, 11) is 0. The lowest BCUT2D eigenvalue weighted by atomic mass is 10.0. The standard InChI is InChI=1S/C51H32N4O/c1-3-13-34(14-4-1)40-21-12-22-44-41-19-7-9-23-45(41)55(48(40)44)39-18-11-17-37(31-39)33-25-27-36(28-26-33)50-52-49(35-15-5-2-6-16-35)53-51(54-50)38-29-30-43-42-20-8-10-24-46(42)56-47(43)32-38/h1-32H/i1D,3D,4D,7D,9D,13D,14D,19D,23D. The van der Waals surface area contributed by atoms with E-state index in [-0.39, 0.29) is 34.1 Å². The third-order valence-electron chi connectivity index (χ3n) is 10.1. The molecule has 56 heavy (non-hydrogen) atoms. The summed E-state index contributed by atoms with van der Waals surface area (Å²) in [5.74, 6) is 1.47. The minimum Gasteiger partial charge on any atom is -0.456 e. The van der Waals surface area contributed by atoms with E-state index in [1.165, 1.54) is 0 Å². The van der Waals surface area contributed by atoms with Crippen LogP contribution in [0.1, 0.15) is 12.3 Å². The molecule has 5 heteroatoms. The van der Waals surface area contributed by atoms with Crippen LogP contribution in [0.3, 0.4) is 0 Å². The highest BCUT2D eigenvalue weighted by molar-refractivity contribution is 6.14. The smallest absolute Gasteiger partial charge is 0.164 e. The molecule has 5 nitrogen and oxygen atoms in total. The van der Waals surface area contributed by atoms with Crippen LogP contribution >= 0.6 is 0 Å². The molecule has 3 heterocycles. The number of nitrogens with zero attached hydrogens (tertiary/aromatic N) is 4. The second-order valence-corrected chi connectivity index (χ2v) is 13.4. The van der Waals surface area contributed by atoms with E-state index in [4.69, 9.17) is 31.7 Å². The van der Waals surface area contributed by atoms with E-state index < -0.39 is 42.3 Å². The molecule has 0 aliphatic heterocycles. The average molecular weight is 726 g/mol. The van der Waals surface area contributed by atoms with Gasteiger partial charge in [0.2, 0.25) is 0 Å². The molecule has 0 aliphatic rings. The third-order valence-corrected chi connectivity index (χ3v) is 10.1. The van der Waals surface area contributed by atoms with Crippen LogP contribution in [0.5, 0.6) is 0 Å². The van der Waals surface area contributed by atoms with E-state index in [0.717, 1.165) is 49.8 Å². The van der Waals surface area contributed by atoms with Crippen molar-refractivity contribution in [3.63, 3.8) is 0 Å². The van der Waals surface area contributed by atoms with Crippen molar-refractivity contribution in [1.29, 1.82) is 0 Å². The van der Waals surface area contributed by atoms with Crippen LogP contribution in [0.15, 0.2) is 198 Å². The van der Waals surface area contributed by atoms with Gasteiger partial charge in [0.05, 0.1) is 23.4 Å². The van der Waals surface area contributed by atoms with Gasteiger partial charge in [-0.2, -0.15) is 0 Å². The van der Waals surface area contributed by atoms with Crippen molar-refractivity contribution < 1.29 is 16.8 Å². The van der Waals surface area contributed by atoms with Crippen molar-refractivity contribution in [2.45, 2.75) is 0 Å². The Balaban J connectivity index is 1.05. The van der Waals surface area contributed by atoms with E-state index >= 15 is 0 Å². The monoisotopic (exact) mass is 725 g/mol. The fourth-order valence-electron chi connectivity index (χ4n) is 7.46. The Labute approximate surface area is 335 Å². The Kier molecular flexibility index (Phi) is 5.57. The number of fused-ring (bicyclic) bond motifs is 6. The van der Waals surface area contributed by atoms with Gasteiger partial charge in [-0.3, -0.25) is 0 Å². The van der Waals surface area contributed by atoms with Gasteiger partial charge in [0.1, 0.15) is 11.2 Å². The van der Waals surface area contributed by atoms with Crippen LogP contribution in [0, 0.1) is 0 Å². The van der Waals surface area contributed by atoms with Crippen molar-refractivity contribution >= 4 is 43.7 Å². The second kappa shape index (κ2) is 13.0. The highest BCUT2D eigenvalue weighted by Crippen LogP contribution is 2.39. The van der Waals surface area contributed by atoms with Crippen molar-refractivity contribution in [3.8, 4) is 62.1 Å². The van der Waals surface area contributed by atoms with E-state index in [1.54, 1.807) is 22.8 Å². The fourth-order valence-corrected chi connectivity index (χ4v) is 7.46. The summed E-state index contributed by atoms with van der Waals surface area (Å²) in [6.07, 6.45) is 0. The Morgan fingerprint density at radius 2 is 1.04 bits per heavy atom. The Morgan fingerprint density at radius 1 is 0.411 bits per heavy atom. The number of aromatic nitrogens is 4. The molecule has 11 rings (SSSR count). The van der Waals surface area contributed by atoms with Gasteiger partial charge in [0.15, 0.2) is 17.5 Å². The molecule has 8 aromatic carbocycles. The molecule has 262 valence electrons. The van der Waals surface area contributed by atoms with Gasteiger partial charge in [-0.1, -0.05) is 158 Å². The Morgan fingerprint density at radius 3 is 1.88 bits per heavy atom. The molecule has 0 spiro atoms. The lowest BCUT2D eigenvalue weighted by Crippen LogP contribution is -2.00. The van der Waals surface area contributed by atoms with Crippen LogP contribution in [0.4, 0.5) is 0 Å². The minimum atomic E-state index is -0.525. The van der Waals surface area contributed by atoms with E-state index in [0.29, 0.717) is 34.1 Å². The van der Waals surface area contributed by atoms with Gasteiger partial charge < -0.3 is 8.98 Å². The van der Waals surface area contributed by atoms with Crippen molar-refractivity contribution in [3.05, 3.63) is 194 Å². The molecule has 0 fully saturated rings. The average Bonchev–Trinajstić information content (AvgIpc) is 3.90. The number of rotatable bonds is 6. The molecule has 0 unspecified atom stereocenters. The van der Waals surface area contributed by atoms with E-state index in [2.05, 4.69) is 0 Å². The van der Waals surface area contributed by atoms with Crippen LogP contribution in [0.2, 0.25) is 0 Å². The van der Waals surface area contributed by atoms with Crippen molar-refractivity contribution in [2.24, 2.45) is 0 Å². The van der Waals surface area contributed by atoms with Gasteiger partial charge in [-0.05, 0) is 53.1 Å². The van der Waals surface area contributed by atoms with Gasteiger partial charge in [-0.15, -0.1) is 0 Å². The first kappa shape index (κ1) is 23.9. The largest absolute Gasteiger partial charge is 0.456 e. The van der Waals surface area contributed by atoms with Gasteiger partial charge >= 0.3 is 0 Å². The molecule has 11 aromatic rings. The number of hydrogen-bond donors (Lipinski definition) is 0. The first-order valence-corrected chi connectivity index (χ1v) is 18.0. The molecular weight excluding hydrogens is 685 g/mol. The van der Waals surface area contributed by atoms with Crippen LogP contribution in [-0.2, 0) is 0 Å². The van der Waals surface area contributed by atoms with Crippen LogP contribution in [0.25, 0.3) is 106 Å². The zero-order valence-corrected chi connectivity index (χ0v) is 29.5. The Hall–Kier alpha value is -7.63. The highest BCUT2D eigenvalue weighted by Gasteiger charge is 2.18. The van der Waals surface area contributed by atoms with Crippen molar-refractivity contribution in [2.75, 3.05) is 0 Å². The molecule has 3 aromatic heterocycles. The lowest BCUT2D eigenvalue weighted by Gasteiger charge is -2.13. The lowest BCUT2D eigenvalue weighted by molar-refractivity contribution is 0.669. The zero-order valence-electron chi connectivity index (χ0n) is 38.5. The summed E-state index contributed by atoms with van der Waals surface area (Å²) in [6.45, 7) is 0. The molecule has 0 bridgehead atoms. The minimum absolute atomic E-state index is 0.0420. The molecular formula is C51H32N4O. The Bertz CT molecular complexity index is 3750. The van der Waals surface area contributed by atoms with Gasteiger partial charge in [0, 0.05) is 49.5 Å². The molecule has 0 saturated carbocycles. The van der Waals surface area contributed by atoms with Crippen LogP contribution < -0.4 is 0 Å². The zero-order chi connectivity index (χ0) is 44.8. The topological polar surface area (TPSA) is 56.7 Å². The normalized spacial score (nSPS) is 13.8. The summed E-state index contributed by atoms with van der Waals surface area (Å²) in [6, 6.07) is 40.3. The second-order valence-electron chi connectivity index (χ2n) is 13.4. The maximum atomic E-state index is 9.13. The number of furan rings is 1. The highest BCUT2D eigenvalue weighted by atomic mass is 16.3. The summed E-state index contributed by atoms with van der Waals surface area (Å²) < 4.78 is 86.1. The predicted molar refractivity (Wildman–Crippen MR) is 229 cm³/mol. The number of benzene rings is 8. The molecule has 0 radical (unpaired) electrons. The quantitative estimate of drug-likeness (QED) is 0.171. The van der Waals surface area contributed by atoms with Gasteiger partial charge in [0.25, 0.3) is 0 Å². The van der Waals surface area contributed by atoms with E-state index in [9.17, 15) is 0 Å². The van der Waals surface area contributed by atoms with Gasteiger partial charge in [-0.25, -0.2) is 15.0 Å². The molecule has 0 saturated heterocycles. The summed E-state index contributed by atoms with van der Waals surface area (Å²) in [4.78, 5) is 14.8. The molecule has 0 atom stereocenters. The predicted octanol–water partition coefficient (Wildman–Crippen LogP) is 13.2. The summed E-state index contributed by atoms with van der Waals surface area (Å²) in [5, 5.41) is 2.72. The molecule has 0 amide bonds. The molecule has 0 N–H and O–H groups in total. The first-order chi connectivity index (χ1) is 31.5. The third kappa shape index (κ3) is 5.37. The fraction of sp³-hybridized carbons (Fsp3) is 0. The van der Waals surface area contributed by atoms with E-state index in [1.807, 2.05) is 121 Å². The van der Waals surface area contributed by atoms with Crippen molar-refractivity contribution in [1.82, 2.24) is 19.5 Å². The maximum Gasteiger partial charge on any atom is 0.164 e. The van der Waals surface area contributed by atoms with Crippen LogP contribution in [-0.4, -0.2) is 19.5 Å². The number of hydrogen-bond acceptors (Lipinski definition) is 4. The summed E-state index contributed by atoms with van der Waals surface area (Å²) >= 11 is 0. The maximum absolute atomic E-state index is 9.13. The first-order valence-electron chi connectivity index (χ1n) is 22.5.